The van der Waals surface area contributed by atoms with Gasteiger partial charge in [0.05, 0.1) is 0 Å². The fraction of sp³-hybridized carbons (Fsp3) is 1.00. The van der Waals surface area contributed by atoms with E-state index in [2.05, 4.69) is 13.8 Å². The van der Waals surface area contributed by atoms with Gasteiger partial charge in [0.15, 0.2) is 0 Å². The Morgan fingerprint density at radius 1 is 0.909 bits per heavy atom. The molecule has 0 unspecified atom stereocenters. The second kappa shape index (κ2) is 17.1. The molecule has 0 aliphatic heterocycles. The molecule has 1 nitrogen and oxygen atoms in total. The number of hydrogen-bond donors (Lipinski definition) is 0. The summed E-state index contributed by atoms with van der Waals surface area (Å²) in [7, 11) is 0. The van der Waals surface area contributed by atoms with Crippen LogP contribution in [0.4, 0.5) is 0 Å². The Labute approximate surface area is 89.4 Å². The molecule has 0 spiro atoms. The molecule has 0 bridgehead atoms. The van der Waals surface area contributed by atoms with Crippen molar-refractivity contribution in [1.82, 2.24) is 0 Å². The number of hydrogen-bond acceptors (Lipinski definition) is 1. The van der Waals surface area contributed by atoms with Gasteiger partial charge in [0.25, 0.3) is 0 Å². The molecule has 0 aromatic heterocycles. The maximum absolute atomic E-state index is 5.31. The third-order valence-corrected chi connectivity index (χ3v) is 1.28. The van der Waals surface area contributed by atoms with Crippen molar-refractivity contribution in [2.24, 2.45) is 0 Å². The Morgan fingerprint density at radius 2 is 1.27 bits per heavy atom. The van der Waals surface area contributed by atoms with Crippen molar-refractivity contribution in [3.05, 3.63) is 0 Å². The van der Waals surface area contributed by atoms with Crippen molar-refractivity contribution >= 4 is 12.4 Å². The summed E-state index contributed by atoms with van der Waals surface area (Å²) in [5.74, 6) is 0. The minimum Gasteiger partial charge on any atom is -0.381 e. The van der Waals surface area contributed by atoms with Gasteiger partial charge in [0.1, 0.15) is 0 Å². The first-order chi connectivity index (χ1) is 4.41. The standard InChI is InChI=1S/C8H18O.ClH.Zn/c1-3-5-7-9-8-6-4-2;;/h3-8H2,1-2H3;1H;. The molecule has 0 N–H and O–H groups in total. The van der Waals surface area contributed by atoms with E-state index in [4.69, 9.17) is 4.74 Å². The summed E-state index contributed by atoms with van der Waals surface area (Å²) in [5.41, 5.74) is 0. The second-order valence-corrected chi connectivity index (χ2v) is 2.32. The molecule has 0 atom stereocenters. The Hall–Kier alpha value is 0.873. The van der Waals surface area contributed by atoms with Gasteiger partial charge in [-0.05, 0) is 12.8 Å². The largest absolute Gasteiger partial charge is 0.381 e. The Kier molecular flexibility index (Phi) is 27.7. The van der Waals surface area contributed by atoms with Gasteiger partial charge in [-0.15, -0.1) is 12.4 Å². The van der Waals surface area contributed by atoms with Crippen molar-refractivity contribution in [1.29, 1.82) is 0 Å². The number of unbranched alkanes of at least 4 members (excludes halogenated alkanes) is 2. The summed E-state index contributed by atoms with van der Waals surface area (Å²) < 4.78 is 5.31. The number of halogens is 1. The fourth-order valence-electron chi connectivity index (χ4n) is 0.595. The molecule has 0 aliphatic rings. The van der Waals surface area contributed by atoms with Crippen LogP contribution in [-0.4, -0.2) is 13.2 Å². The van der Waals surface area contributed by atoms with Crippen LogP contribution in [0.25, 0.3) is 0 Å². The predicted octanol–water partition coefficient (Wildman–Crippen LogP) is 3.02. The van der Waals surface area contributed by atoms with Crippen molar-refractivity contribution < 1.29 is 24.2 Å². The first-order valence-corrected chi connectivity index (χ1v) is 3.99. The van der Waals surface area contributed by atoms with Crippen LogP contribution in [0.1, 0.15) is 39.5 Å². The molecular weight excluding hydrogens is 213 g/mol. The molecule has 0 rings (SSSR count). The maximum atomic E-state index is 5.31. The third-order valence-electron chi connectivity index (χ3n) is 1.28. The van der Waals surface area contributed by atoms with E-state index in [1.54, 1.807) is 0 Å². The SMILES string of the molecule is CCCCOCCCC.Cl.[Zn]. The summed E-state index contributed by atoms with van der Waals surface area (Å²) in [6.07, 6.45) is 4.91. The zero-order valence-electron chi connectivity index (χ0n) is 7.77. The van der Waals surface area contributed by atoms with Crippen molar-refractivity contribution in [3.63, 3.8) is 0 Å². The molecule has 0 aromatic rings. The third kappa shape index (κ3) is 18.1. The van der Waals surface area contributed by atoms with E-state index in [0.29, 0.717) is 0 Å². The zero-order valence-corrected chi connectivity index (χ0v) is 11.5. The van der Waals surface area contributed by atoms with Crippen LogP contribution in [0.5, 0.6) is 0 Å². The van der Waals surface area contributed by atoms with Gasteiger partial charge in [0, 0.05) is 32.7 Å². The van der Waals surface area contributed by atoms with Crippen molar-refractivity contribution in [2.45, 2.75) is 39.5 Å². The minimum atomic E-state index is 0. The van der Waals surface area contributed by atoms with Crippen LogP contribution in [-0.2, 0) is 24.2 Å². The monoisotopic (exact) mass is 230 g/mol. The van der Waals surface area contributed by atoms with E-state index in [1.165, 1.54) is 25.7 Å². The van der Waals surface area contributed by atoms with E-state index in [0.717, 1.165) is 13.2 Å². The first-order valence-electron chi connectivity index (χ1n) is 3.99. The van der Waals surface area contributed by atoms with Crippen LogP contribution in [0.3, 0.4) is 0 Å². The predicted molar refractivity (Wildman–Crippen MR) is 47.9 cm³/mol. The van der Waals surface area contributed by atoms with Crippen LogP contribution in [0.15, 0.2) is 0 Å². The molecule has 0 heterocycles. The summed E-state index contributed by atoms with van der Waals surface area (Å²) in [4.78, 5) is 0. The second-order valence-electron chi connectivity index (χ2n) is 2.32. The van der Waals surface area contributed by atoms with Crippen LogP contribution < -0.4 is 0 Å². The van der Waals surface area contributed by atoms with Gasteiger partial charge < -0.3 is 4.74 Å². The fourth-order valence-corrected chi connectivity index (χ4v) is 0.595. The van der Waals surface area contributed by atoms with Crippen LogP contribution >= 0.6 is 12.4 Å². The molecule has 0 aromatic carbocycles. The Morgan fingerprint density at radius 3 is 1.55 bits per heavy atom. The molecule has 0 fully saturated rings. The molecular formula is C8H19ClOZn. The van der Waals surface area contributed by atoms with Gasteiger partial charge in [-0.2, -0.15) is 0 Å². The van der Waals surface area contributed by atoms with E-state index in [-0.39, 0.29) is 31.9 Å². The molecule has 0 amide bonds. The summed E-state index contributed by atoms with van der Waals surface area (Å²) in [6.45, 7) is 6.28. The molecule has 0 saturated heterocycles. The smallest absolute Gasteiger partial charge is 0.0465 e. The molecule has 3 heteroatoms. The van der Waals surface area contributed by atoms with Crippen molar-refractivity contribution in [2.75, 3.05) is 13.2 Å². The van der Waals surface area contributed by atoms with Gasteiger partial charge in [-0.3, -0.25) is 0 Å². The first kappa shape index (κ1) is 17.8. The summed E-state index contributed by atoms with van der Waals surface area (Å²) in [6, 6.07) is 0. The number of ether oxygens (including phenoxy) is 1. The molecule has 0 saturated carbocycles. The zero-order chi connectivity index (χ0) is 6.95. The maximum Gasteiger partial charge on any atom is 0.0465 e. The van der Waals surface area contributed by atoms with Crippen LogP contribution in [0.2, 0.25) is 0 Å². The topological polar surface area (TPSA) is 9.23 Å². The van der Waals surface area contributed by atoms with Gasteiger partial charge >= 0.3 is 0 Å². The molecule has 0 radical (unpaired) electrons. The van der Waals surface area contributed by atoms with Gasteiger partial charge in [0.2, 0.25) is 0 Å². The minimum absolute atomic E-state index is 0. The van der Waals surface area contributed by atoms with E-state index >= 15 is 0 Å². The Balaban J connectivity index is -0.000000320. The molecule has 11 heavy (non-hydrogen) atoms. The normalized spacial score (nSPS) is 8.18. The van der Waals surface area contributed by atoms with E-state index in [9.17, 15) is 0 Å². The Bertz CT molecular complexity index is 47.4. The summed E-state index contributed by atoms with van der Waals surface area (Å²) >= 11 is 0. The van der Waals surface area contributed by atoms with Crippen LogP contribution in [0, 0.1) is 0 Å². The molecule has 66 valence electrons. The van der Waals surface area contributed by atoms with Gasteiger partial charge in [-0.1, -0.05) is 26.7 Å². The average molecular weight is 232 g/mol. The number of rotatable bonds is 6. The van der Waals surface area contributed by atoms with Crippen molar-refractivity contribution in [3.8, 4) is 0 Å². The van der Waals surface area contributed by atoms with Gasteiger partial charge in [-0.25, -0.2) is 0 Å². The van der Waals surface area contributed by atoms with E-state index < -0.39 is 0 Å². The van der Waals surface area contributed by atoms with E-state index in [1.807, 2.05) is 0 Å². The summed E-state index contributed by atoms with van der Waals surface area (Å²) in [5, 5.41) is 0. The molecule has 0 aliphatic carbocycles. The average Bonchev–Trinajstić information content (AvgIpc) is 1.89. The quantitative estimate of drug-likeness (QED) is 0.505.